The lowest BCUT2D eigenvalue weighted by Gasteiger charge is -2.15. The van der Waals surface area contributed by atoms with Gasteiger partial charge in [0.1, 0.15) is 17.5 Å². The van der Waals surface area contributed by atoms with E-state index in [4.69, 9.17) is 9.47 Å². The van der Waals surface area contributed by atoms with Crippen molar-refractivity contribution < 1.29 is 36.8 Å². The molecule has 0 aromatic heterocycles. The lowest BCUT2D eigenvalue weighted by atomic mass is 10.1. The topological polar surface area (TPSA) is 114 Å². The number of amides is 1. The lowest BCUT2D eigenvalue weighted by Crippen LogP contribution is -2.13. The Bertz CT molecular complexity index is 1450. The van der Waals surface area contributed by atoms with E-state index < -0.39 is 39.8 Å². The first-order valence-electron chi connectivity index (χ1n) is 10.6. The second-order valence-corrected chi connectivity index (χ2v) is 8.29. The molecule has 0 aliphatic heterocycles. The van der Waals surface area contributed by atoms with Crippen LogP contribution in [0.15, 0.2) is 64.6 Å². The number of ether oxygens (including phenoxy) is 2. The summed E-state index contributed by atoms with van der Waals surface area (Å²) in [7, 11) is 0. The Kier molecular flexibility index (Phi) is 8.69. The Morgan fingerprint density at radius 2 is 1.84 bits per heavy atom. The van der Waals surface area contributed by atoms with Gasteiger partial charge >= 0.3 is 11.9 Å². The van der Waals surface area contributed by atoms with Crippen LogP contribution in [-0.4, -0.2) is 17.4 Å². The zero-order valence-electron chi connectivity index (χ0n) is 19.3. The zero-order chi connectivity index (χ0) is 28.0. The predicted molar refractivity (Wildman–Crippen MR) is 132 cm³/mol. The fourth-order valence-corrected chi connectivity index (χ4v) is 3.65. The number of nitrogens with zero attached hydrogens (tertiary/aromatic N) is 2. The maximum Gasteiger partial charge on any atom is 0.416 e. The molecule has 1 N–H and O–H groups in total. The van der Waals surface area contributed by atoms with Crippen molar-refractivity contribution in [1.82, 2.24) is 0 Å². The number of carbonyl (C=O) groups is 1. The van der Waals surface area contributed by atoms with Crippen molar-refractivity contribution in [1.29, 1.82) is 5.26 Å². The molecule has 0 aliphatic carbocycles. The standard InChI is InChI=1S/C25H16BrF4N3O5/c1-2-37-22-11-14(9-15(13-31)24(34)32-18-6-4-17(27)5-7-18)10-19(26)23(22)38-21-8-3-16(25(28,29)30)12-20(21)33(35)36/h3-12H,2H2,1H3,(H,32,34)/b15-9+. The number of nitrogens with one attached hydrogen (secondary N) is 1. The quantitative estimate of drug-likeness (QED) is 0.0966. The molecule has 38 heavy (non-hydrogen) atoms. The molecular formula is C25H16BrF4N3O5. The van der Waals surface area contributed by atoms with Crippen molar-refractivity contribution in [3.05, 3.63) is 91.7 Å². The number of hydrogen-bond donors (Lipinski definition) is 1. The molecule has 0 saturated heterocycles. The second kappa shape index (κ2) is 11.7. The molecule has 0 radical (unpaired) electrons. The maximum absolute atomic E-state index is 13.1. The number of alkyl halides is 3. The zero-order valence-corrected chi connectivity index (χ0v) is 20.9. The van der Waals surface area contributed by atoms with Gasteiger partial charge in [0.25, 0.3) is 5.91 Å². The molecule has 3 aromatic rings. The highest BCUT2D eigenvalue weighted by atomic mass is 79.9. The molecular weight excluding hydrogens is 578 g/mol. The SMILES string of the molecule is CCOc1cc(/C=C(\C#N)C(=O)Nc2ccc(F)cc2)cc(Br)c1Oc1ccc(C(F)(F)F)cc1[N+](=O)[O-]. The van der Waals surface area contributed by atoms with E-state index in [9.17, 15) is 37.7 Å². The molecule has 0 spiro atoms. The smallest absolute Gasteiger partial charge is 0.416 e. The van der Waals surface area contributed by atoms with Crippen molar-refractivity contribution in [3.63, 3.8) is 0 Å². The number of nitro benzene ring substituents is 1. The van der Waals surface area contributed by atoms with Crippen LogP contribution in [-0.2, 0) is 11.0 Å². The van der Waals surface area contributed by atoms with Gasteiger partial charge in [-0.15, -0.1) is 0 Å². The van der Waals surface area contributed by atoms with E-state index in [1.165, 1.54) is 30.3 Å². The summed E-state index contributed by atoms with van der Waals surface area (Å²) >= 11 is 3.24. The molecule has 13 heteroatoms. The Morgan fingerprint density at radius 3 is 2.42 bits per heavy atom. The van der Waals surface area contributed by atoms with E-state index in [1.807, 2.05) is 0 Å². The van der Waals surface area contributed by atoms with Gasteiger partial charge in [-0.1, -0.05) is 0 Å². The van der Waals surface area contributed by atoms with Crippen LogP contribution in [0.2, 0.25) is 0 Å². The van der Waals surface area contributed by atoms with Gasteiger partial charge in [-0.25, -0.2) is 4.39 Å². The summed E-state index contributed by atoms with van der Waals surface area (Å²) in [5.74, 6) is -1.80. The van der Waals surface area contributed by atoms with Crippen LogP contribution in [0, 0.1) is 27.3 Å². The van der Waals surface area contributed by atoms with Crippen LogP contribution in [0.4, 0.5) is 28.9 Å². The highest BCUT2D eigenvalue weighted by Crippen LogP contribution is 2.44. The van der Waals surface area contributed by atoms with E-state index in [0.717, 1.165) is 18.2 Å². The van der Waals surface area contributed by atoms with Gasteiger partial charge in [0.15, 0.2) is 11.5 Å². The van der Waals surface area contributed by atoms with Crippen molar-refractivity contribution in [2.75, 3.05) is 11.9 Å². The third-order valence-electron chi connectivity index (χ3n) is 4.80. The van der Waals surface area contributed by atoms with Crippen molar-refractivity contribution >= 4 is 39.3 Å². The van der Waals surface area contributed by atoms with Crippen LogP contribution in [0.5, 0.6) is 17.2 Å². The molecule has 3 aromatic carbocycles. The van der Waals surface area contributed by atoms with E-state index in [-0.39, 0.29) is 33.8 Å². The number of anilines is 1. The fraction of sp³-hybridized carbons (Fsp3) is 0.120. The average Bonchev–Trinajstić information content (AvgIpc) is 2.85. The van der Waals surface area contributed by atoms with Crippen LogP contribution in [0.3, 0.4) is 0 Å². The number of carbonyl (C=O) groups excluding carboxylic acids is 1. The maximum atomic E-state index is 13.1. The summed E-state index contributed by atoms with van der Waals surface area (Å²) < 4.78 is 63.5. The Labute approximate surface area is 221 Å². The van der Waals surface area contributed by atoms with Gasteiger partial charge in [0, 0.05) is 11.8 Å². The molecule has 0 atom stereocenters. The highest BCUT2D eigenvalue weighted by Gasteiger charge is 2.33. The molecule has 0 heterocycles. The predicted octanol–water partition coefficient (Wildman–Crippen LogP) is 7.25. The molecule has 0 fully saturated rings. The summed E-state index contributed by atoms with van der Waals surface area (Å²) in [5.41, 5.74) is -1.89. The largest absolute Gasteiger partial charge is 0.490 e. The first-order chi connectivity index (χ1) is 17.9. The van der Waals surface area contributed by atoms with E-state index in [1.54, 1.807) is 13.0 Å². The van der Waals surface area contributed by atoms with Crippen molar-refractivity contribution in [3.8, 4) is 23.3 Å². The summed E-state index contributed by atoms with van der Waals surface area (Å²) in [6.45, 7) is 1.75. The van der Waals surface area contributed by atoms with Crippen molar-refractivity contribution in [2.24, 2.45) is 0 Å². The first-order valence-corrected chi connectivity index (χ1v) is 11.4. The third kappa shape index (κ3) is 6.86. The minimum atomic E-state index is -4.80. The monoisotopic (exact) mass is 593 g/mol. The third-order valence-corrected chi connectivity index (χ3v) is 5.39. The Balaban J connectivity index is 1.97. The fourth-order valence-electron chi connectivity index (χ4n) is 3.11. The Hall–Kier alpha value is -4.44. The minimum absolute atomic E-state index is 0.0264. The van der Waals surface area contributed by atoms with Gasteiger partial charge in [-0.2, -0.15) is 18.4 Å². The summed E-state index contributed by atoms with van der Waals surface area (Å²) in [5, 5.41) is 23.4. The van der Waals surface area contributed by atoms with Gasteiger partial charge in [-0.3, -0.25) is 14.9 Å². The van der Waals surface area contributed by atoms with Gasteiger partial charge in [-0.05, 0) is 83.0 Å². The van der Waals surface area contributed by atoms with E-state index in [0.29, 0.717) is 17.7 Å². The van der Waals surface area contributed by atoms with Crippen LogP contribution in [0.1, 0.15) is 18.1 Å². The van der Waals surface area contributed by atoms with Gasteiger partial charge in [0.2, 0.25) is 5.75 Å². The van der Waals surface area contributed by atoms with Crippen molar-refractivity contribution in [2.45, 2.75) is 13.1 Å². The molecule has 0 bridgehead atoms. The molecule has 1 amide bonds. The minimum Gasteiger partial charge on any atom is -0.490 e. The van der Waals surface area contributed by atoms with Crippen LogP contribution in [0.25, 0.3) is 6.08 Å². The number of nitriles is 1. The highest BCUT2D eigenvalue weighted by molar-refractivity contribution is 9.10. The Morgan fingerprint density at radius 1 is 1.16 bits per heavy atom. The summed E-state index contributed by atoms with van der Waals surface area (Å²) in [6, 6.07) is 11.3. The number of benzene rings is 3. The van der Waals surface area contributed by atoms with E-state index in [2.05, 4.69) is 21.2 Å². The molecule has 196 valence electrons. The van der Waals surface area contributed by atoms with Crippen LogP contribution < -0.4 is 14.8 Å². The molecule has 0 unspecified atom stereocenters. The van der Waals surface area contributed by atoms with Gasteiger partial charge < -0.3 is 14.8 Å². The molecule has 0 saturated carbocycles. The number of rotatable bonds is 8. The molecule has 8 nitrogen and oxygen atoms in total. The second-order valence-electron chi connectivity index (χ2n) is 7.43. The number of hydrogen-bond acceptors (Lipinski definition) is 6. The average molecular weight is 594 g/mol. The first kappa shape index (κ1) is 28.1. The summed E-state index contributed by atoms with van der Waals surface area (Å²) in [4.78, 5) is 23.0. The van der Waals surface area contributed by atoms with E-state index >= 15 is 0 Å². The summed E-state index contributed by atoms with van der Waals surface area (Å²) in [6.07, 6.45) is -3.56. The number of halogens is 5. The van der Waals surface area contributed by atoms with Gasteiger partial charge in [0.05, 0.1) is 21.6 Å². The normalized spacial score (nSPS) is 11.4. The lowest BCUT2D eigenvalue weighted by molar-refractivity contribution is -0.385. The molecule has 0 aliphatic rings. The van der Waals surface area contributed by atoms with Crippen LogP contribution >= 0.6 is 15.9 Å². The molecule has 3 rings (SSSR count). The number of nitro groups is 1.